The molecule has 0 radical (unpaired) electrons. The number of aryl methyl sites for hydroxylation is 1. The van der Waals surface area contributed by atoms with Crippen molar-refractivity contribution in [2.75, 3.05) is 11.1 Å². The zero-order valence-electron chi connectivity index (χ0n) is 16.8. The van der Waals surface area contributed by atoms with Gasteiger partial charge in [0.05, 0.1) is 28.1 Å². The third kappa shape index (κ3) is 4.37. The molecule has 1 aliphatic rings. The standard InChI is InChI=1S/C22H15F3N2O5S.Na.H/c1-10-6-7-11(8-14(10)22(23,24)25)27-15-9-16(33(30,31)32)19(26)18-17(15)20(28)12-4-2-3-5-13(12)21(18)29;;/h2-9,27H,26H2,1H3,(H,30,31,32);;. The van der Waals surface area contributed by atoms with Crippen molar-refractivity contribution >= 4 is 68.3 Å². The minimum atomic E-state index is -4.95. The molecule has 0 fully saturated rings. The molecule has 0 spiro atoms. The number of ketones is 2. The van der Waals surface area contributed by atoms with Crippen LogP contribution in [-0.4, -0.2) is 54.1 Å². The summed E-state index contributed by atoms with van der Waals surface area (Å²) in [5.74, 6) is -1.44. The predicted molar refractivity (Wildman–Crippen MR) is 121 cm³/mol. The number of hydrogen-bond acceptors (Lipinski definition) is 6. The first-order chi connectivity index (χ1) is 15.3. The second-order valence-corrected chi connectivity index (χ2v) is 8.81. The van der Waals surface area contributed by atoms with Crippen LogP contribution in [0, 0.1) is 6.92 Å². The topological polar surface area (TPSA) is 127 Å². The van der Waals surface area contributed by atoms with Crippen molar-refractivity contribution in [2.45, 2.75) is 18.0 Å². The molecule has 4 N–H and O–H groups in total. The van der Waals surface area contributed by atoms with Crippen LogP contribution in [0.4, 0.5) is 30.2 Å². The molecule has 12 heteroatoms. The molecule has 0 bridgehead atoms. The number of nitrogen functional groups attached to an aromatic ring is 1. The molecule has 0 unspecified atom stereocenters. The van der Waals surface area contributed by atoms with Crippen LogP contribution >= 0.6 is 0 Å². The van der Waals surface area contributed by atoms with Crippen LogP contribution in [0.2, 0.25) is 0 Å². The van der Waals surface area contributed by atoms with Gasteiger partial charge < -0.3 is 11.1 Å². The first-order valence-electron chi connectivity index (χ1n) is 9.38. The average Bonchev–Trinajstić information content (AvgIpc) is 2.72. The molecule has 3 aromatic rings. The molecule has 0 saturated carbocycles. The van der Waals surface area contributed by atoms with Gasteiger partial charge in [-0.15, -0.1) is 0 Å². The summed E-state index contributed by atoms with van der Waals surface area (Å²) in [5.41, 5.74) is 3.07. The van der Waals surface area contributed by atoms with E-state index in [1.165, 1.54) is 43.3 Å². The third-order valence-electron chi connectivity index (χ3n) is 5.30. The van der Waals surface area contributed by atoms with Crippen molar-refractivity contribution in [2.24, 2.45) is 0 Å². The molecule has 34 heavy (non-hydrogen) atoms. The molecule has 0 amide bonds. The van der Waals surface area contributed by atoms with Crippen LogP contribution in [0.25, 0.3) is 0 Å². The number of benzene rings is 3. The van der Waals surface area contributed by atoms with E-state index >= 15 is 0 Å². The number of carbonyl (C=O) groups is 2. The van der Waals surface area contributed by atoms with Gasteiger partial charge in [0.2, 0.25) is 0 Å². The van der Waals surface area contributed by atoms with Crippen LogP contribution in [0.5, 0.6) is 0 Å². The molecular formula is C22H16F3N2NaO5S. The average molecular weight is 500 g/mol. The van der Waals surface area contributed by atoms with Gasteiger partial charge in [0, 0.05) is 16.8 Å². The summed E-state index contributed by atoms with van der Waals surface area (Å²) in [7, 11) is -4.95. The van der Waals surface area contributed by atoms with E-state index in [9.17, 15) is 35.7 Å². The maximum atomic E-state index is 13.3. The Labute approximate surface area is 214 Å². The molecule has 0 heterocycles. The van der Waals surface area contributed by atoms with E-state index in [2.05, 4.69) is 5.32 Å². The first-order valence-corrected chi connectivity index (χ1v) is 10.8. The second kappa shape index (κ2) is 8.82. The van der Waals surface area contributed by atoms with Gasteiger partial charge in [0.25, 0.3) is 10.1 Å². The van der Waals surface area contributed by atoms with Gasteiger partial charge in [-0.05, 0) is 30.7 Å². The summed E-state index contributed by atoms with van der Waals surface area (Å²) in [6, 6.07) is 9.87. The fourth-order valence-corrected chi connectivity index (χ4v) is 4.41. The second-order valence-electron chi connectivity index (χ2n) is 7.42. The molecule has 0 aliphatic heterocycles. The number of alkyl halides is 3. The van der Waals surface area contributed by atoms with Crippen molar-refractivity contribution < 1.29 is 35.7 Å². The molecule has 0 atom stereocenters. The van der Waals surface area contributed by atoms with Crippen molar-refractivity contribution in [3.05, 3.63) is 81.9 Å². The monoisotopic (exact) mass is 500 g/mol. The van der Waals surface area contributed by atoms with Crippen LogP contribution in [0.3, 0.4) is 0 Å². The van der Waals surface area contributed by atoms with Crippen LogP contribution in [0.15, 0.2) is 53.4 Å². The maximum absolute atomic E-state index is 13.3. The molecular weight excluding hydrogens is 484 g/mol. The van der Waals surface area contributed by atoms with Gasteiger partial charge in [-0.25, -0.2) is 0 Å². The zero-order chi connectivity index (χ0) is 24.3. The summed E-state index contributed by atoms with van der Waals surface area (Å²) in [5, 5.41) is 2.59. The molecule has 1 aliphatic carbocycles. The normalized spacial score (nSPS) is 13.1. The summed E-state index contributed by atoms with van der Waals surface area (Å²) < 4.78 is 73.4. The Hall–Kier alpha value is -2.70. The summed E-state index contributed by atoms with van der Waals surface area (Å²) in [6.45, 7) is 1.27. The molecule has 172 valence electrons. The SMILES string of the molecule is Cc1ccc(Nc2cc(S(=O)(=O)O)c(N)c3c2C(=O)c2ccccc2C3=O)cc1C(F)(F)F.[NaH]. The Morgan fingerprint density at radius 1 is 0.941 bits per heavy atom. The summed E-state index contributed by atoms with van der Waals surface area (Å²) in [4.78, 5) is 25.5. The van der Waals surface area contributed by atoms with Crippen molar-refractivity contribution in [1.29, 1.82) is 0 Å². The molecule has 0 aromatic heterocycles. The van der Waals surface area contributed by atoms with Gasteiger partial charge >= 0.3 is 35.7 Å². The summed E-state index contributed by atoms with van der Waals surface area (Å²) >= 11 is 0. The van der Waals surface area contributed by atoms with E-state index < -0.39 is 49.6 Å². The number of nitrogens with one attached hydrogen (secondary N) is 1. The van der Waals surface area contributed by atoms with E-state index in [4.69, 9.17) is 5.73 Å². The Morgan fingerprint density at radius 2 is 1.50 bits per heavy atom. The number of anilines is 3. The molecule has 0 saturated heterocycles. The third-order valence-corrected chi connectivity index (χ3v) is 6.19. The van der Waals surface area contributed by atoms with Crippen LogP contribution in [-0.2, 0) is 16.3 Å². The predicted octanol–water partition coefficient (Wildman–Crippen LogP) is 3.71. The van der Waals surface area contributed by atoms with Crippen LogP contribution in [0.1, 0.15) is 43.0 Å². The van der Waals surface area contributed by atoms with Gasteiger partial charge in [-0.3, -0.25) is 14.1 Å². The van der Waals surface area contributed by atoms with E-state index in [-0.39, 0.29) is 63.2 Å². The number of rotatable bonds is 3. The van der Waals surface area contributed by atoms with E-state index in [1.807, 2.05) is 0 Å². The Morgan fingerprint density at radius 3 is 2.03 bits per heavy atom. The fraction of sp³-hybridized carbons (Fsp3) is 0.0909. The van der Waals surface area contributed by atoms with Gasteiger partial charge in [0.1, 0.15) is 4.90 Å². The number of halogens is 3. The van der Waals surface area contributed by atoms with Gasteiger partial charge in [-0.2, -0.15) is 21.6 Å². The quantitative estimate of drug-likeness (QED) is 0.222. The van der Waals surface area contributed by atoms with E-state index in [1.54, 1.807) is 0 Å². The van der Waals surface area contributed by atoms with Crippen LogP contribution < -0.4 is 11.1 Å². The van der Waals surface area contributed by atoms with Crippen molar-refractivity contribution in [1.82, 2.24) is 0 Å². The minimum absolute atomic E-state index is 0. The molecule has 4 rings (SSSR count). The van der Waals surface area contributed by atoms with E-state index in [0.29, 0.717) is 0 Å². The summed E-state index contributed by atoms with van der Waals surface area (Å²) in [6.07, 6.45) is -4.66. The number of nitrogens with two attached hydrogens (primary N) is 1. The Kier molecular flexibility index (Phi) is 6.72. The Balaban J connectivity index is 0.00000324. The first kappa shape index (κ1) is 25.9. The van der Waals surface area contributed by atoms with Gasteiger partial charge in [-0.1, -0.05) is 30.3 Å². The number of hydrogen-bond donors (Lipinski definition) is 3. The van der Waals surface area contributed by atoms with Crippen molar-refractivity contribution in [3.63, 3.8) is 0 Å². The molecule has 7 nitrogen and oxygen atoms in total. The van der Waals surface area contributed by atoms with Crippen molar-refractivity contribution in [3.8, 4) is 0 Å². The number of carbonyl (C=O) groups excluding carboxylic acids is 2. The molecule has 3 aromatic carbocycles. The fourth-order valence-electron chi connectivity index (χ4n) is 3.77. The van der Waals surface area contributed by atoms with E-state index in [0.717, 1.165) is 12.1 Å². The Bertz CT molecular complexity index is 1470. The van der Waals surface area contributed by atoms with Gasteiger partial charge in [0.15, 0.2) is 11.6 Å². The zero-order valence-corrected chi connectivity index (χ0v) is 17.6. The number of fused-ring (bicyclic) bond motifs is 2.